The van der Waals surface area contributed by atoms with Crippen LogP contribution in [-0.2, 0) is 34.2 Å². The Morgan fingerprint density at radius 1 is 1.00 bits per heavy atom. The van der Waals surface area contributed by atoms with Crippen molar-refractivity contribution >= 4 is 21.6 Å². The van der Waals surface area contributed by atoms with E-state index in [1.54, 1.807) is 31.4 Å². The maximum atomic E-state index is 13.2. The number of hydrogen-bond donors (Lipinski definition) is 1. The average Bonchev–Trinajstić information content (AvgIpc) is 3.67. The Labute approximate surface area is 207 Å². The zero-order chi connectivity index (χ0) is 24.6. The molecule has 1 amide bonds. The summed E-state index contributed by atoms with van der Waals surface area (Å²) < 4.78 is 33.2. The van der Waals surface area contributed by atoms with E-state index in [1.165, 1.54) is 16.8 Å². The maximum absolute atomic E-state index is 13.2. The number of carbonyl (C=O) groups excluding carboxylic acids is 1. The Hall–Kier alpha value is -2.62. The van der Waals surface area contributed by atoms with E-state index in [2.05, 4.69) is 33.7 Å². The fourth-order valence-corrected chi connectivity index (χ4v) is 6.24. The van der Waals surface area contributed by atoms with Gasteiger partial charge in [-0.15, -0.1) is 0 Å². The van der Waals surface area contributed by atoms with Crippen molar-refractivity contribution in [2.45, 2.75) is 43.2 Å². The van der Waals surface area contributed by atoms with E-state index < -0.39 is 10.0 Å². The van der Waals surface area contributed by atoms with Gasteiger partial charge in [0.2, 0.25) is 15.9 Å². The second-order valence-electron chi connectivity index (χ2n) is 9.82. The molecule has 0 aromatic heterocycles. The Balaban J connectivity index is 1.30. The highest BCUT2D eigenvalue weighted by atomic mass is 32.2. The minimum atomic E-state index is -3.49. The molecule has 0 spiro atoms. The van der Waals surface area contributed by atoms with Crippen molar-refractivity contribution in [1.82, 2.24) is 14.5 Å². The quantitative estimate of drug-likeness (QED) is 0.629. The number of fused-ring (bicyclic) bond motifs is 1. The minimum absolute atomic E-state index is 0.0505. The minimum Gasteiger partial charge on any atom is -0.496 e. The lowest BCUT2D eigenvalue weighted by Crippen LogP contribution is -2.45. The van der Waals surface area contributed by atoms with Crippen LogP contribution in [-0.4, -0.2) is 77.0 Å². The van der Waals surface area contributed by atoms with E-state index in [4.69, 9.17) is 4.74 Å². The van der Waals surface area contributed by atoms with Gasteiger partial charge in [-0.1, -0.05) is 12.1 Å². The van der Waals surface area contributed by atoms with Crippen LogP contribution >= 0.6 is 0 Å². The van der Waals surface area contributed by atoms with Gasteiger partial charge < -0.3 is 19.4 Å². The third kappa shape index (κ3) is 5.32. The van der Waals surface area contributed by atoms with Gasteiger partial charge in [-0.25, -0.2) is 13.1 Å². The molecule has 1 aliphatic carbocycles. The number of benzene rings is 2. The van der Waals surface area contributed by atoms with Crippen LogP contribution in [0, 0.1) is 0 Å². The van der Waals surface area contributed by atoms with Crippen molar-refractivity contribution < 1.29 is 17.9 Å². The van der Waals surface area contributed by atoms with E-state index in [0.717, 1.165) is 56.8 Å². The van der Waals surface area contributed by atoms with Gasteiger partial charge in [0.25, 0.3) is 0 Å². The molecule has 2 heterocycles. The van der Waals surface area contributed by atoms with Crippen molar-refractivity contribution in [2.24, 2.45) is 0 Å². The van der Waals surface area contributed by atoms with E-state index in [9.17, 15) is 13.2 Å². The van der Waals surface area contributed by atoms with Gasteiger partial charge in [0.15, 0.2) is 0 Å². The summed E-state index contributed by atoms with van der Waals surface area (Å²) in [5, 5.41) is 0. The summed E-state index contributed by atoms with van der Waals surface area (Å²) in [5.41, 5.74) is 4.40. The molecule has 1 N–H and O–H groups in total. The lowest BCUT2D eigenvalue weighted by Gasteiger charge is -2.38. The number of hydrogen-bond acceptors (Lipinski definition) is 6. The van der Waals surface area contributed by atoms with E-state index >= 15 is 0 Å². The van der Waals surface area contributed by atoms with Crippen LogP contribution in [0.25, 0.3) is 0 Å². The predicted molar refractivity (Wildman–Crippen MR) is 135 cm³/mol. The van der Waals surface area contributed by atoms with Crippen LogP contribution < -0.4 is 14.4 Å². The third-order valence-corrected chi connectivity index (χ3v) is 8.79. The molecular weight excluding hydrogens is 464 g/mol. The summed E-state index contributed by atoms with van der Waals surface area (Å²) >= 11 is 0. The van der Waals surface area contributed by atoms with E-state index in [0.29, 0.717) is 13.1 Å². The molecule has 1 saturated heterocycles. The molecular formula is C26H34N4O4S. The Morgan fingerprint density at radius 2 is 1.71 bits per heavy atom. The van der Waals surface area contributed by atoms with Gasteiger partial charge in [0, 0.05) is 62.1 Å². The second kappa shape index (κ2) is 9.79. The molecule has 1 saturated carbocycles. The molecule has 3 aliphatic rings. The molecule has 5 rings (SSSR count). The Bertz CT molecular complexity index is 1190. The van der Waals surface area contributed by atoms with Crippen molar-refractivity contribution in [3.8, 4) is 5.75 Å². The largest absolute Gasteiger partial charge is 0.496 e. The number of piperazine rings is 1. The molecule has 2 aromatic rings. The first-order valence-electron chi connectivity index (χ1n) is 12.4. The zero-order valence-corrected chi connectivity index (χ0v) is 21.3. The highest BCUT2D eigenvalue weighted by Gasteiger charge is 2.29. The molecule has 9 heteroatoms. The maximum Gasteiger partial charge on any atom is 0.240 e. The summed E-state index contributed by atoms with van der Waals surface area (Å²) in [6.45, 7) is 5.18. The lowest BCUT2D eigenvalue weighted by molar-refractivity contribution is -0.131. The lowest BCUT2D eigenvalue weighted by atomic mass is 9.95. The molecule has 2 aromatic carbocycles. The number of rotatable bonds is 7. The third-order valence-electron chi connectivity index (χ3n) is 7.25. The molecule has 2 aliphatic heterocycles. The van der Waals surface area contributed by atoms with E-state index in [-0.39, 0.29) is 23.3 Å². The number of likely N-dealkylation sites (N-methyl/N-ethyl adjacent to an activating group) is 1. The SMILES string of the molecule is COc1ccc(N2CCN(C)CC2)c2c1CCN(C(=O)Cc1ccc(S(=O)(=O)NC3CC3)cc1)C2. The molecule has 188 valence electrons. The summed E-state index contributed by atoms with van der Waals surface area (Å²) in [6.07, 6.45) is 2.80. The Morgan fingerprint density at radius 3 is 2.37 bits per heavy atom. The molecule has 0 bridgehead atoms. The first kappa shape index (κ1) is 24.1. The average molecular weight is 499 g/mol. The van der Waals surface area contributed by atoms with Gasteiger partial charge in [0.1, 0.15) is 5.75 Å². The summed E-state index contributed by atoms with van der Waals surface area (Å²) in [6, 6.07) is 10.9. The molecule has 35 heavy (non-hydrogen) atoms. The monoisotopic (exact) mass is 498 g/mol. The summed E-state index contributed by atoms with van der Waals surface area (Å²) in [5.74, 6) is 0.941. The van der Waals surface area contributed by atoms with Crippen molar-refractivity contribution in [3.63, 3.8) is 0 Å². The van der Waals surface area contributed by atoms with Crippen LogP contribution in [0.2, 0.25) is 0 Å². The standard InChI is InChI=1S/C26H34N4O4S/c1-28-13-15-29(16-14-28)24-9-10-25(34-2)22-11-12-30(18-23(22)24)26(31)17-19-3-7-21(8-4-19)35(32,33)27-20-5-6-20/h3-4,7-10,20,27H,5-6,11-18H2,1-2H3. The van der Waals surface area contributed by atoms with Gasteiger partial charge in [-0.3, -0.25) is 4.79 Å². The fraction of sp³-hybridized carbons (Fsp3) is 0.500. The van der Waals surface area contributed by atoms with Gasteiger partial charge in [-0.05, 0) is 56.1 Å². The molecule has 0 unspecified atom stereocenters. The number of anilines is 1. The zero-order valence-electron chi connectivity index (χ0n) is 20.5. The Kier molecular flexibility index (Phi) is 6.74. The topological polar surface area (TPSA) is 82.2 Å². The van der Waals surface area contributed by atoms with Gasteiger partial charge in [0.05, 0.1) is 18.4 Å². The van der Waals surface area contributed by atoms with Crippen molar-refractivity contribution in [2.75, 3.05) is 51.8 Å². The smallest absolute Gasteiger partial charge is 0.240 e. The first-order chi connectivity index (χ1) is 16.8. The number of nitrogens with zero attached hydrogens (tertiary/aromatic N) is 3. The number of sulfonamides is 1. The van der Waals surface area contributed by atoms with Crippen molar-refractivity contribution in [3.05, 3.63) is 53.1 Å². The number of nitrogens with one attached hydrogen (secondary N) is 1. The number of amides is 1. The fourth-order valence-electron chi connectivity index (χ4n) is 4.94. The van der Waals surface area contributed by atoms with Crippen molar-refractivity contribution in [1.29, 1.82) is 0 Å². The predicted octanol–water partition coefficient (Wildman–Crippen LogP) is 2.02. The van der Waals surface area contributed by atoms with Crippen LogP contribution in [0.5, 0.6) is 5.75 Å². The summed E-state index contributed by atoms with van der Waals surface area (Å²) in [7, 11) is 0.360. The van der Waals surface area contributed by atoms with Crippen LogP contribution in [0.15, 0.2) is 41.3 Å². The highest BCUT2D eigenvalue weighted by Crippen LogP contribution is 2.36. The molecule has 2 fully saturated rings. The molecule has 0 atom stereocenters. The van der Waals surface area contributed by atoms with Crippen LogP contribution in [0.3, 0.4) is 0 Å². The normalized spacial score (nSPS) is 18.9. The number of carbonyl (C=O) groups is 1. The second-order valence-corrected chi connectivity index (χ2v) is 11.5. The molecule has 8 nitrogen and oxygen atoms in total. The van der Waals surface area contributed by atoms with E-state index in [1.807, 2.05) is 4.90 Å². The molecule has 0 radical (unpaired) electrons. The highest BCUT2D eigenvalue weighted by molar-refractivity contribution is 7.89. The van der Waals surface area contributed by atoms with Crippen LogP contribution in [0.4, 0.5) is 5.69 Å². The van der Waals surface area contributed by atoms with Crippen LogP contribution in [0.1, 0.15) is 29.5 Å². The first-order valence-corrected chi connectivity index (χ1v) is 13.8. The van der Waals surface area contributed by atoms with Gasteiger partial charge in [-0.2, -0.15) is 0 Å². The number of ether oxygens (including phenoxy) is 1. The van der Waals surface area contributed by atoms with Gasteiger partial charge >= 0.3 is 0 Å². The summed E-state index contributed by atoms with van der Waals surface area (Å²) in [4.78, 5) is 20.2. The number of methoxy groups -OCH3 is 1.